The van der Waals surface area contributed by atoms with Crippen LogP contribution in [0, 0.1) is 0 Å². The fraction of sp³-hybridized carbons (Fsp3) is 0.889. The van der Waals surface area contributed by atoms with Crippen LogP contribution in [0.2, 0.25) is 0 Å². The molecule has 1 fully saturated rings. The van der Waals surface area contributed by atoms with Gasteiger partial charge in [0.25, 0.3) is 0 Å². The summed E-state index contributed by atoms with van der Waals surface area (Å²) in [6.45, 7) is 2.87. The molecule has 1 saturated heterocycles. The van der Waals surface area contributed by atoms with Crippen molar-refractivity contribution in [3.8, 4) is 0 Å². The molecule has 0 aromatic heterocycles. The van der Waals surface area contributed by atoms with Crippen molar-refractivity contribution in [3.05, 3.63) is 0 Å². The molecule has 0 aromatic rings. The number of rotatable bonds is 3. The van der Waals surface area contributed by atoms with Crippen molar-refractivity contribution in [2.75, 3.05) is 33.5 Å². The summed E-state index contributed by atoms with van der Waals surface area (Å²) in [4.78, 5) is 13.2. The molecule has 0 radical (unpaired) electrons. The number of aliphatic hydroxyl groups is 1. The number of hydrogen-bond acceptors (Lipinski definition) is 4. The maximum atomic E-state index is 11.5. The zero-order valence-corrected chi connectivity index (χ0v) is 8.60. The van der Waals surface area contributed by atoms with Crippen LogP contribution in [-0.4, -0.2) is 61.5 Å². The van der Waals surface area contributed by atoms with Crippen molar-refractivity contribution in [2.45, 2.75) is 19.1 Å². The van der Waals surface area contributed by atoms with E-state index in [1.807, 2.05) is 6.92 Å². The molecular weight excluding hydrogens is 186 g/mol. The van der Waals surface area contributed by atoms with E-state index in [0.29, 0.717) is 13.2 Å². The minimum atomic E-state index is -0.257. The molecule has 2 atom stereocenters. The summed E-state index contributed by atoms with van der Waals surface area (Å²) < 4.78 is 10.1. The van der Waals surface area contributed by atoms with Crippen LogP contribution in [-0.2, 0) is 14.3 Å². The molecule has 0 spiro atoms. The molecule has 1 N–H and O–H groups in total. The third-order valence-corrected chi connectivity index (χ3v) is 2.30. The molecule has 2 unspecified atom stereocenters. The van der Waals surface area contributed by atoms with Gasteiger partial charge in [-0.1, -0.05) is 0 Å². The Morgan fingerprint density at radius 3 is 3.00 bits per heavy atom. The first-order valence-corrected chi connectivity index (χ1v) is 4.70. The smallest absolute Gasteiger partial charge is 0.248 e. The number of aliphatic hydroxyl groups excluding tert-OH is 1. The number of amides is 1. The van der Waals surface area contributed by atoms with Gasteiger partial charge in [0.15, 0.2) is 0 Å². The summed E-state index contributed by atoms with van der Waals surface area (Å²) in [6, 6.07) is 0.0560. The van der Waals surface area contributed by atoms with Gasteiger partial charge in [0.1, 0.15) is 6.61 Å². The lowest BCUT2D eigenvalue weighted by molar-refractivity contribution is -0.149. The zero-order valence-electron chi connectivity index (χ0n) is 8.60. The Bertz CT molecular complexity index is 197. The Morgan fingerprint density at radius 2 is 2.43 bits per heavy atom. The molecular formula is C9H17NO4. The predicted molar refractivity (Wildman–Crippen MR) is 49.9 cm³/mol. The third-order valence-electron chi connectivity index (χ3n) is 2.30. The molecule has 14 heavy (non-hydrogen) atoms. The van der Waals surface area contributed by atoms with Gasteiger partial charge >= 0.3 is 0 Å². The van der Waals surface area contributed by atoms with Crippen molar-refractivity contribution >= 4 is 5.91 Å². The van der Waals surface area contributed by atoms with E-state index in [9.17, 15) is 4.79 Å². The van der Waals surface area contributed by atoms with Crippen molar-refractivity contribution in [3.63, 3.8) is 0 Å². The second-order valence-corrected chi connectivity index (χ2v) is 3.47. The van der Waals surface area contributed by atoms with Gasteiger partial charge in [-0.3, -0.25) is 4.79 Å². The molecule has 0 aliphatic carbocycles. The lowest BCUT2D eigenvalue weighted by Gasteiger charge is -2.37. The maximum Gasteiger partial charge on any atom is 0.248 e. The van der Waals surface area contributed by atoms with E-state index in [4.69, 9.17) is 14.6 Å². The summed E-state index contributed by atoms with van der Waals surface area (Å²) in [5, 5.41) is 8.91. The van der Waals surface area contributed by atoms with Gasteiger partial charge in [0.05, 0.1) is 25.4 Å². The van der Waals surface area contributed by atoms with Crippen LogP contribution in [0.3, 0.4) is 0 Å². The predicted octanol–water partition coefficient (Wildman–Crippen LogP) is -0.759. The highest BCUT2D eigenvalue weighted by molar-refractivity contribution is 5.77. The van der Waals surface area contributed by atoms with E-state index in [-0.39, 0.29) is 31.3 Å². The SMILES string of the molecule is COCC(=O)N1CC(CO)OCC1C. The fourth-order valence-corrected chi connectivity index (χ4v) is 1.48. The van der Waals surface area contributed by atoms with Crippen LogP contribution in [0.5, 0.6) is 0 Å². The first-order chi connectivity index (χ1) is 6.69. The maximum absolute atomic E-state index is 11.5. The molecule has 5 nitrogen and oxygen atoms in total. The quantitative estimate of drug-likeness (QED) is 0.655. The van der Waals surface area contributed by atoms with Gasteiger partial charge in [-0.15, -0.1) is 0 Å². The summed E-state index contributed by atoms with van der Waals surface area (Å²) in [6.07, 6.45) is -0.257. The Hall–Kier alpha value is -0.650. The average molecular weight is 203 g/mol. The van der Waals surface area contributed by atoms with E-state index < -0.39 is 0 Å². The van der Waals surface area contributed by atoms with E-state index in [1.165, 1.54) is 7.11 Å². The van der Waals surface area contributed by atoms with E-state index in [0.717, 1.165) is 0 Å². The minimum absolute atomic E-state index is 0.0521. The normalized spacial score (nSPS) is 27.8. The molecule has 5 heteroatoms. The molecule has 0 bridgehead atoms. The van der Waals surface area contributed by atoms with E-state index in [2.05, 4.69) is 0 Å². The standard InChI is InChI=1S/C9H17NO4/c1-7-5-14-8(4-11)3-10(7)9(12)6-13-2/h7-8,11H,3-6H2,1-2H3. The van der Waals surface area contributed by atoms with Crippen LogP contribution < -0.4 is 0 Å². The van der Waals surface area contributed by atoms with Crippen molar-refractivity contribution in [1.29, 1.82) is 0 Å². The minimum Gasteiger partial charge on any atom is -0.394 e. The van der Waals surface area contributed by atoms with Crippen LogP contribution in [0.15, 0.2) is 0 Å². The highest BCUT2D eigenvalue weighted by atomic mass is 16.5. The third kappa shape index (κ3) is 2.67. The summed E-state index contributed by atoms with van der Waals surface area (Å²) in [7, 11) is 1.49. The molecule has 1 aliphatic heterocycles. The number of morpholine rings is 1. The van der Waals surface area contributed by atoms with Crippen LogP contribution in [0.1, 0.15) is 6.92 Å². The Labute approximate surface area is 83.6 Å². The van der Waals surface area contributed by atoms with Gasteiger partial charge in [0.2, 0.25) is 5.91 Å². The number of methoxy groups -OCH3 is 1. The van der Waals surface area contributed by atoms with Gasteiger partial charge < -0.3 is 19.5 Å². The zero-order chi connectivity index (χ0) is 10.6. The molecule has 82 valence electrons. The number of hydrogen-bond donors (Lipinski definition) is 1. The highest BCUT2D eigenvalue weighted by Gasteiger charge is 2.28. The highest BCUT2D eigenvalue weighted by Crippen LogP contribution is 2.11. The fourth-order valence-electron chi connectivity index (χ4n) is 1.48. The summed E-state index contributed by atoms with van der Waals surface area (Å²) in [5.41, 5.74) is 0. The number of nitrogens with zero attached hydrogens (tertiary/aromatic N) is 1. The number of carbonyl (C=O) groups is 1. The van der Waals surface area contributed by atoms with Gasteiger partial charge in [0, 0.05) is 13.7 Å². The summed E-state index contributed by atoms with van der Waals surface area (Å²) >= 11 is 0. The molecule has 0 saturated carbocycles. The van der Waals surface area contributed by atoms with E-state index >= 15 is 0 Å². The van der Waals surface area contributed by atoms with Crippen LogP contribution in [0.25, 0.3) is 0 Å². The second kappa shape index (κ2) is 5.29. The van der Waals surface area contributed by atoms with Crippen molar-refractivity contribution in [2.24, 2.45) is 0 Å². The Balaban J connectivity index is 2.51. The van der Waals surface area contributed by atoms with Gasteiger partial charge in [-0.25, -0.2) is 0 Å². The number of carbonyl (C=O) groups excluding carboxylic acids is 1. The number of ether oxygens (including phenoxy) is 2. The first-order valence-electron chi connectivity index (χ1n) is 4.70. The van der Waals surface area contributed by atoms with E-state index in [1.54, 1.807) is 4.90 Å². The average Bonchev–Trinajstić information content (AvgIpc) is 2.19. The molecule has 1 heterocycles. The lowest BCUT2D eigenvalue weighted by Crippen LogP contribution is -2.52. The van der Waals surface area contributed by atoms with Crippen LogP contribution in [0.4, 0.5) is 0 Å². The van der Waals surface area contributed by atoms with Crippen molar-refractivity contribution < 1.29 is 19.4 Å². The molecule has 1 rings (SSSR count). The van der Waals surface area contributed by atoms with Gasteiger partial charge in [-0.05, 0) is 6.92 Å². The monoisotopic (exact) mass is 203 g/mol. The van der Waals surface area contributed by atoms with Crippen LogP contribution >= 0.6 is 0 Å². The Morgan fingerprint density at radius 1 is 1.71 bits per heavy atom. The largest absolute Gasteiger partial charge is 0.394 e. The lowest BCUT2D eigenvalue weighted by atomic mass is 10.2. The Kier molecular flexibility index (Phi) is 4.31. The topological polar surface area (TPSA) is 59.0 Å². The molecule has 1 aliphatic rings. The molecule has 1 amide bonds. The summed E-state index contributed by atoms with van der Waals surface area (Å²) in [5.74, 6) is -0.0539. The van der Waals surface area contributed by atoms with Gasteiger partial charge in [-0.2, -0.15) is 0 Å². The van der Waals surface area contributed by atoms with Crippen molar-refractivity contribution in [1.82, 2.24) is 4.90 Å². The first kappa shape index (κ1) is 11.4. The second-order valence-electron chi connectivity index (χ2n) is 3.47. The molecule has 0 aromatic carbocycles.